The summed E-state index contributed by atoms with van der Waals surface area (Å²) in [7, 11) is 0.890. The van der Waals surface area contributed by atoms with Gasteiger partial charge in [-0.25, -0.2) is 0 Å². The van der Waals surface area contributed by atoms with Gasteiger partial charge in [-0.1, -0.05) is 6.92 Å². The first kappa shape index (κ1) is 18.4. The Labute approximate surface area is 87.0 Å². The predicted octanol–water partition coefficient (Wildman–Crippen LogP) is 0.482. The van der Waals surface area contributed by atoms with Gasteiger partial charge >= 0.3 is 0 Å². The van der Waals surface area contributed by atoms with Gasteiger partial charge in [0.25, 0.3) is 0 Å². The lowest BCUT2D eigenvalue weighted by molar-refractivity contribution is 0.319. The average Bonchev–Trinajstić information content (AvgIpc) is 2.28. The van der Waals surface area contributed by atoms with Crippen molar-refractivity contribution in [3.8, 4) is 0 Å². The summed E-state index contributed by atoms with van der Waals surface area (Å²) in [5.41, 5.74) is 0. The van der Waals surface area contributed by atoms with Crippen LogP contribution < -0.4 is 0 Å². The van der Waals surface area contributed by atoms with Gasteiger partial charge in [0.05, 0.1) is 10.2 Å². The van der Waals surface area contributed by atoms with E-state index in [1.807, 2.05) is 6.92 Å². The molecule has 0 atom stereocenters. The van der Waals surface area contributed by atoms with Gasteiger partial charge in [0.2, 0.25) is 0 Å². The van der Waals surface area contributed by atoms with Crippen LogP contribution in [0.25, 0.3) is 0 Å². The van der Waals surface area contributed by atoms with Crippen LogP contribution in [0.2, 0.25) is 0 Å². The molecule has 0 aromatic carbocycles. The molecule has 3 N–H and O–H groups in total. The minimum Gasteiger partial charge on any atom is -0.411 e. The highest BCUT2D eigenvalue weighted by atomic mass is 28.1. The molecule has 0 aliphatic heterocycles. The average molecular weight is 221 g/mol. The molecular weight excluding hydrogens is 202 g/mol. The Morgan fingerprint density at radius 2 is 1.43 bits per heavy atom. The van der Waals surface area contributed by atoms with Gasteiger partial charge in [-0.3, -0.25) is 0 Å². The molecule has 0 aliphatic rings. The van der Waals surface area contributed by atoms with Gasteiger partial charge < -0.3 is 15.6 Å². The largest absolute Gasteiger partial charge is 0.411 e. The third-order valence-electron chi connectivity index (χ3n) is 0.913. The van der Waals surface area contributed by atoms with Crippen molar-refractivity contribution in [3.63, 3.8) is 0 Å². The Bertz CT molecular complexity index is 154. The van der Waals surface area contributed by atoms with Crippen LogP contribution in [0.1, 0.15) is 27.2 Å². The highest BCUT2D eigenvalue weighted by Crippen LogP contribution is 1.73. The Balaban J connectivity index is -0.000000135. The van der Waals surface area contributed by atoms with Crippen molar-refractivity contribution in [3.05, 3.63) is 0 Å². The third-order valence-corrected chi connectivity index (χ3v) is 1.82. The van der Waals surface area contributed by atoms with Crippen LogP contribution >= 0.6 is 0 Å². The first-order valence-electron chi connectivity index (χ1n) is 4.06. The maximum atomic E-state index is 7.96. The minimum absolute atomic E-state index is 0.890. The van der Waals surface area contributed by atoms with Crippen molar-refractivity contribution in [1.82, 2.24) is 0 Å². The lowest BCUT2D eigenvalue weighted by Gasteiger charge is -1.82. The summed E-state index contributed by atoms with van der Waals surface area (Å²) in [4.78, 5) is 0. The zero-order chi connectivity index (χ0) is 11.8. The molecule has 0 rings (SSSR count). The molecule has 7 heteroatoms. The number of rotatable bonds is 1. The molecule has 0 radical (unpaired) electrons. The first-order chi connectivity index (χ1) is 6.64. The molecule has 0 spiro atoms. The van der Waals surface area contributed by atoms with Crippen LogP contribution in [0.4, 0.5) is 0 Å². The molecule has 0 fully saturated rings. The summed E-state index contributed by atoms with van der Waals surface area (Å²) >= 11 is 0. The summed E-state index contributed by atoms with van der Waals surface area (Å²) in [6.45, 7) is 5.25. The van der Waals surface area contributed by atoms with Crippen LogP contribution in [0, 0.1) is 0 Å². The van der Waals surface area contributed by atoms with Crippen molar-refractivity contribution in [2.75, 3.05) is 0 Å². The first-order valence-corrected chi connectivity index (χ1v) is 5.06. The van der Waals surface area contributed by atoms with E-state index in [0.717, 1.165) is 22.0 Å². The molecule has 0 saturated carbocycles. The summed E-state index contributed by atoms with van der Waals surface area (Å²) in [5.74, 6) is 0. The fraction of sp³-hybridized carbons (Fsp3) is 0.571. The van der Waals surface area contributed by atoms with Gasteiger partial charge in [0.1, 0.15) is 0 Å². The van der Waals surface area contributed by atoms with E-state index in [4.69, 9.17) is 15.6 Å². The van der Waals surface area contributed by atoms with Crippen LogP contribution in [0.15, 0.2) is 15.5 Å². The van der Waals surface area contributed by atoms with Gasteiger partial charge in [-0.15, -0.1) is 15.5 Å². The maximum absolute atomic E-state index is 7.96. The molecule has 0 aromatic rings. The van der Waals surface area contributed by atoms with E-state index in [2.05, 4.69) is 15.5 Å². The van der Waals surface area contributed by atoms with Gasteiger partial charge in [-0.2, -0.15) is 0 Å². The number of oxime groups is 3. The van der Waals surface area contributed by atoms with Crippen molar-refractivity contribution >= 4 is 28.0 Å². The normalized spacial score (nSPS) is 10.6. The summed E-state index contributed by atoms with van der Waals surface area (Å²) in [5, 5.41) is 32.0. The van der Waals surface area contributed by atoms with E-state index < -0.39 is 0 Å². The third kappa shape index (κ3) is 46.0. The second-order valence-electron chi connectivity index (χ2n) is 1.94. The molecule has 84 valence electrons. The minimum atomic E-state index is 0.890. The zero-order valence-corrected chi connectivity index (χ0v) is 11.0. The highest BCUT2D eigenvalue weighted by molar-refractivity contribution is 6.59. The standard InChI is InChI=1S/C3H9NOSi.2C2H5NO/c1-2-3(6)4-5;2*1-2-3-4/h5H,2H2,1,6H3;2*2,4H,1H3. The van der Waals surface area contributed by atoms with Gasteiger partial charge in [0, 0.05) is 17.8 Å². The highest BCUT2D eigenvalue weighted by Gasteiger charge is 1.77. The van der Waals surface area contributed by atoms with E-state index >= 15 is 0 Å². The fourth-order valence-electron chi connectivity index (χ4n) is 0.0707. The molecule has 0 bridgehead atoms. The molecule has 0 heterocycles. The van der Waals surface area contributed by atoms with Crippen LogP contribution in [-0.4, -0.2) is 43.6 Å². The van der Waals surface area contributed by atoms with E-state index in [0.29, 0.717) is 0 Å². The molecule has 0 saturated heterocycles. The topological polar surface area (TPSA) is 97.8 Å². The molecule has 0 unspecified atom stereocenters. The lowest BCUT2D eigenvalue weighted by Crippen LogP contribution is -1.91. The monoisotopic (exact) mass is 221 g/mol. The smallest absolute Gasteiger partial charge is 0.0613 e. The van der Waals surface area contributed by atoms with Crippen LogP contribution in [-0.2, 0) is 0 Å². The molecular formula is C7H19N3O3Si. The van der Waals surface area contributed by atoms with Crippen LogP contribution in [0.3, 0.4) is 0 Å². The van der Waals surface area contributed by atoms with Crippen molar-refractivity contribution in [1.29, 1.82) is 0 Å². The number of hydrogen-bond donors (Lipinski definition) is 3. The Kier molecular flexibility index (Phi) is 29.7. The summed E-state index contributed by atoms with van der Waals surface area (Å²) in [6.07, 6.45) is 3.50. The summed E-state index contributed by atoms with van der Waals surface area (Å²) in [6, 6.07) is 0. The van der Waals surface area contributed by atoms with E-state index in [-0.39, 0.29) is 0 Å². The second kappa shape index (κ2) is 22.6. The SMILES string of the molecule is CC=NO.CC=NO.CCC([SiH3])=NO. The van der Waals surface area contributed by atoms with E-state index in [1.54, 1.807) is 13.8 Å². The summed E-state index contributed by atoms with van der Waals surface area (Å²) < 4.78 is 0. The van der Waals surface area contributed by atoms with E-state index in [1.165, 1.54) is 12.4 Å². The van der Waals surface area contributed by atoms with Crippen molar-refractivity contribution < 1.29 is 15.6 Å². The fourth-order valence-corrected chi connectivity index (χ4v) is 0.0707. The number of nitrogens with zero attached hydrogens (tertiary/aromatic N) is 3. The second-order valence-corrected chi connectivity index (χ2v) is 3.09. The maximum Gasteiger partial charge on any atom is 0.0613 e. The number of hydrogen-bond acceptors (Lipinski definition) is 6. The van der Waals surface area contributed by atoms with Crippen LogP contribution in [0.5, 0.6) is 0 Å². The van der Waals surface area contributed by atoms with Crippen molar-refractivity contribution in [2.24, 2.45) is 15.5 Å². The predicted molar refractivity (Wildman–Crippen MR) is 61.4 cm³/mol. The quantitative estimate of drug-likeness (QED) is 0.260. The van der Waals surface area contributed by atoms with Gasteiger partial charge in [0.15, 0.2) is 0 Å². The zero-order valence-electron chi connectivity index (χ0n) is 9.05. The van der Waals surface area contributed by atoms with E-state index in [9.17, 15) is 0 Å². The van der Waals surface area contributed by atoms with Gasteiger partial charge in [-0.05, 0) is 20.3 Å². The Hall–Kier alpha value is -1.37. The lowest BCUT2D eigenvalue weighted by atomic mass is 10.5. The van der Waals surface area contributed by atoms with Crippen molar-refractivity contribution in [2.45, 2.75) is 27.2 Å². The molecule has 6 nitrogen and oxygen atoms in total. The molecule has 14 heavy (non-hydrogen) atoms. The molecule has 0 amide bonds. The molecule has 0 aromatic heterocycles. The Morgan fingerprint density at radius 1 is 1.14 bits per heavy atom. The molecule has 0 aliphatic carbocycles. The Morgan fingerprint density at radius 3 is 1.43 bits per heavy atom.